The average molecular weight is 393 g/mol. The average Bonchev–Trinajstić information content (AvgIpc) is 3.25. The number of amides is 1. The number of fused-ring (bicyclic) bond motifs is 1. The largest absolute Gasteiger partial charge is 0.318 e. The molecule has 1 atom stereocenters. The number of para-hydroxylation sites is 1. The second-order valence-corrected chi connectivity index (χ2v) is 7.35. The van der Waals surface area contributed by atoms with Crippen molar-refractivity contribution in [2.75, 3.05) is 5.32 Å². The van der Waals surface area contributed by atoms with Crippen molar-refractivity contribution in [3.05, 3.63) is 74.1 Å². The van der Waals surface area contributed by atoms with Crippen LogP contribution in [0.25, 0.3) is 5.69 Å². The van der Waals surface area contributed by atoms with Gasteiger partial charge in [0, 0.05) is 13.1 Å². The lowest BCUT2D eigenvalue weighted by Gasteiger charge is -2.14. The quantitative estimate of drug-likeness (QED) is 0.731. The molecule has 0 fully saturated rings. The van der Waals surface area contributed by atoms with Crippen LogP contribution < -0.4 is 16.4 Å². The number of anilines is 1. The minimum atomic E-state index is -0.836. The Morgan fingerprint density at radius 3 is 2.62 bits per heavy atom. The molecule has 1 unspecified atom stereocenters. The van der Waals surface area contributed by atoms with E-state index in [0.717, 1.165) is 30.5 Å². The van der Waals surface area contributed by atoms with Gasteiger partial charge >= 0.3 is 0 Å². The molecule has 0 saturated carbocycles. The Kier molecular flexibility index (Phi) is 4.70. The van der Waals surface area contributed by atoms with Gasteiger partial charge in [0.05, 0.1) is 17.1 Å². The van der Waals surface area contributed by atoms with Gasteiger partial charge in [0.2, 0.25) is 5.91 Å². The molecule has 2 heterocycles. The third-order valence-corrected chi connectivity index (χ3v) is 5.53. The Hall–Kier alpha value is -3.42. The molecule has 8 heteroatoms. The number of aryl methyl sites for hydroxylation is 2. The molecule has 29 heavy (non-hydrogen) atoms. The second kappa shape index (κ2) is 7.20. The van der Waals surface area contributed by atoms with Crippen LogP contribution in [-0.2, 0) is 24.7 Å². The Balaban J connectivity index is 1.66. The van der Waals surface area contributed by atoms with Crippen molar-refractivity contribution in [3.63, 3.8) is 0 Å². The molecule has 0 radical (unpaired) electrons. The molecule has 4 rings (SSSR count). The Morgan fingerprint density at radius 1 is 1.17 bits per heavy atom. The van der Waals surface area contributed by atoms with Gasteiger partial charge < -0.3 is 5.32 Å². The Bertz CT molecular complexity index is 1200. The zero-order chi connectivity index (χ0) is 20.7. The zero-order valence-electron chi connectivity index (χ0n) is 16.7. The number of carbonyl (C=O) groups excluding carboxylic acids is 1. The van der Waals surface area contributed by atoms with Gasteiger partial charge in [0.15, 0.2) is 0 Å². The maximum absolute atomic E-state index is 13.0. The molecule has 150 valence electrons. The SMILES string of the molecule is Cc1c(NC(=O)C(C)n2nc3c(cc2=O)CCC3)c(=O)n(-c2ccccc2)n1C. The third kappa shape index (κ3) is 3.20. The van der Waals surface area contributed by atoms with Crippen LogP contribution in [-0.4, -0.2) is 25.1 Å². The van der Waals surface area contributed by atoms with Gasteiger partial charge in [0.1, 0.15) is 11.7 Å². The number of carbonyl (C=O) groups is 1. The maximum Gasteiger partial charge on any atom is 0.295 e. The fourth-order valence-corrected chi connectivity index (χ4v) is 3.74. The first kappa shape index (κ1) is 18.9. The van der Waals surface area contributed by atoms with Crippen molar-refractivity contribution in [1.82, 2.24) is 19.1 Å². The van der Waals surface area contributed by atoms with E-state index in [0.29, 0.717) is 11.4 Å². The molecular weight excluding hydrogens is 370 g/mol. The molecule has 0 aliphatic heterocycles. The van der Waals surface area contributed by atoms with E-state index in [2.05, 4.69) is 10.4 Å². The molecule has 0 saturated heterocycles. The molecule has 1 aliphatic carbocycles. The lowest BCUT2D eigenvalue weighted by molar-refractivity contribution is -0.119. The van der Waals surface area contributed by atoms with E-state index in [-0.39, 0.29) is 16.8 Å². The van der Waals surface area contributed by atoms with Crippen molar-refractivity contribution in [2.24, 2.45) is 7.05 Å². The molecular formula is C21H23N5O3. The summed E-state index contributed by atoms with van der Waals surface area (Å²) < 4.78 is 4.39. The summed E-state index contributed by atoms with van der Waals surface area (Å²) in [5, 5.41) is 7.10. The Morgan fingerprint density at radius 2 is 1.90 bits per heavy atom. The summed E-state index contributed by atoms with van der Waals surface area (Å²) in [6, 6.07) is 9.93. The van der Waals surface area contributed by atoms with E-state index in [1.54, 1.807) is 31.6 Å². The molecule has 8 nitrogen and oxygen atoms in total. The highest BCUT2D eigenvalue weighted by molar-refractivity contribution is 5.93. The van der Waals surface area contributed by atoms with Crippen LogP contribution in [0, 0.1) is 6.92 Å². The van der Waals surface area contributed by atoms with Crippen LogP contribution in [0.4, 0.5) is 5.69 Å². The van der Waals surface area contributed by atoms with E-state index in [1.165, 1.54) is 9.36 Å². The van der Waals surface area contributed by atoms with Crippen LogP contribution in [0.3, 0.4) is 0 Å². The molecule has 1 amide bonds. The number of nitrogens with zero attached hydrogens (tertiary/aromatic N) is 4. The maximum atomic E-state index is 13.0. The first-order chi connectivity index (χ1) is 13.9. The fourth-order valence-electron chi connectivity index (χ4n) is 3.74. The summed E-state index contributed by atoms with van der Waals surface area (Å²) in [5.74, 6) is -0.455. The van der Waals surface area contributed by atoms with Gasteiger partial charge in [-0.1, -0.05) is 18.2 Å². The highest BCUT2D eigenvalue weighted by atomic mass is 16.2. The van der Waals surface area contributed by atoms with Gasteiger partial charge in [-0.05, 0) is 50.8 Å². The van der Waals surface area contributed by atoms with Crippen LogP contribution in [0.5, 0.6) is 0 Å². The predicted molar refractivity (Wildman–Crippen MR) is 110 cm³/mol. The Labute approximate surface area is 167 Å². The molecule has 1 aliphatic rings. The van der Waals surface area contributed by atoms with E-state index in [4.69, 9.17) is 0 Å². The second-order valence-electron chi connectivity index (χ2n) is 7.35. The standard InChI is InChI=1S/C21H23N5O3/c1-13-19(21(29)26(24(13)3)16-9-5-4-6-10-16)22-20(28)14(2)25-18(27)12-15-8-7-11-17(15)23-25/h4-6,9-10,12,14H,7-8,11H2,1-3H3,(H,22,28). The van der Waals surface area contributed by atoms with Gasteiger partial charge in [-0.3, -0.25) is 19.1 Å². The van der Waals surface area contributed by atoms with Crippen molar-refractivity contribution in [1.29, 1.82) is 0 Å². The number of benzene rings is 1. The van der Waals surface area contributed by atoms with Crippen LogP contribution in [0.1, 0.15) is 36.3 Å². The molecule has 1 aromatic carbocycles. The summed E-state index contributed by atoms with van der Waals surface area (Å²) in [5.41, 5.74) is 2.71. The topological polar surface area (TPSA) is 90.9 Å². The van der Waals surface area contributed by atoms with E-state index in [1.807, 2.05) is 30.3 Å². The lowest BCUT2D eigenvalue weighted by atomic mass is 10.2. The first-order valence-corrected chi connectivity index (χ1v) is 9.65. The van der Waals surface area contributed by atoms with Crippen molar-refractivity contribution < 1.29 is 4.79 Å². The summed E-state index contributed by atoms with van der Waals surface area (Å²) in [7, 11) is 1.76. The van der Waals surface area contributed by atoms with Gasteiger partial charge in [-0.25, -0.2) is 9.36 Å². The van der Waals surface area contributed by atoms with Crippen molar-refractivity contribution in [3.8, 4) is 5.69 Å². The minimum absolute atomic E-state index is 0.197. The fraction of sp³-hybridized carbons (Fsp3) is 0.333. The number of nitrogens with one attached hydrogen (secondary N) is 1. The summed E-state index contributed by atoms with van der Waals surface area (Å²) in [4.78, 5) is 38.2. The summed E-state index contributed by atoms with van der Waals surface area (Å²) in [6.07, 6.45) is 2.62. The van der Waals surface area contributed by atoms with E-state index >= 15 is 0 Å². The monoisotopic (exact) mass is 393 g/mol. The van der Waals surface area contributed by atoms with E-state index in [9.17, 15) is 14.4 Å². The smallest absolute Gasteiger partial charge is 0.295 e. The lowest BCUT2D eigenvalue weighted by Crippen LogP contribution is -2.35. The molecule has 2 aromatic heterocycles. The molecule has 3 aromatic rings. The van der Waals surface area contributed by atoms with E-state index < -0.39 is 11.9 Å². The minimum Gasteiger partial charge on any atom is -0.318 e. The number of aromatic nitrogens is 4. The third-order valence-electron chi connectivity index (χ3n) is 5.53. The normalized spacial score (nSPS) is 13.9. The highest BCUT2D eigenvalue weighted by Gasteiger charge is 2.24. The zero-order valence-corrected chi connectivity index (χ0v) is 16.7. The number of hydrogen-bond acceptors (Lipinski definition) is 4. The van der Waals surface area contributed by atoms with Crippen LogP contribution in [0.2, 0.25) is 0 Å². The first-order valence-electron chi connectivity index (χ1n) is 9.65. The summed E-state index contributed by atoms with van der Waals surface area (Å²) in [6.45, 7) is 3.38. The number of rotatable bonds is 4. The molecule has 0 spiro atoms. The van der Waals surface area contributed by atoms with Gasteiger partial charge in [-0.2, -0.15) is 5.10 Å². The van der Waals surface area contributed by atoms with Gasteiger partial charge in [0.25, 0.3) is 11.1 Å². The molecule has 1 N–H and O–H groups in total. The van der Waals surface area contributed by atoms with Crippen LogP contribution in [0.15, 0.2) is 46.0 Å². The van der Waals surface area contributed by atoms with Crippen LogP contribution >= 0.6 is 0 Å². The number of hydrogen-bond donors (Lipinski definition) is 1. The van der Waals surface area contributed by atoms with Crippen molar-refractivity contribution in [2.45, 2.75) is 39.2 Å². The van der Waals surface area contributed by atoms with Crippen molar-refractivity contribution >= 4 is 11.6 Å². The van der Waals surface area contributed by atoms with Gasteiger partial charge in [-0.15, -0.1) is 0 Å². The molecule has 0 bridgehead atoms. The highest BCUT2D eigenvalue weighted by Crippen LogP contribution is 2.19. The summed E-state index contributed by atoms with van der Waals surface area (Å²) >= 11 is 0. The predicted octanol–water partition coefficient (Wildman–Crippen LogP) is 1.73.